The maximum absolute atomic E-state index is 14.2. The molecule has 17 nitrogen and oxygen atoms in total. The first-order valence-corrected chi connectivity index (χ1v) is 26.7. The Morgan fingerprint density at radius 3 is 1.60 bits per heavy atom. The number of nitrogens with one attached hydrogen (secondary N) is 4. The van der Waals surface area contributed by atoms with E-state index in [0.717, 1.165) is 88.6 Å². The Morgan fingerprint density at radius 1 is 0.562 bits per heavy atom. The third-order valence-corrected chi connectivity index (χ3v) is 15.7. The molecule has 1 saturated carbocycles. The number of benzene rings is 3. The maximum Gasteiger partial charge on any atom is 0.270 e. The van der Waals surface area contributed by atoms with Gasteiger partial charge >= 0.3 is 0 Å². The Labute approximate surface area is 428 Å². The largest absolute Gasteiger partial charge is 0.355 e. The van der Waals surface area contributed by atoms with Gasteiger partial charge in [0, 0.05) is 111 Å². The van der Waals surface area contributed by atoms with Gasteiger partial charge in [-0.3, -0.25) is 24.0 Å². The third kappa shape index (κ3) is 11.4. The summed E-state index contributed by atoms with van der Waals surface area (Å²) in [4.78, 5) is 87.7. The SMILES string of the molecule is CN(C)C(=O)c1cc2cnc(Nc3ccc(C(=O)NCCNC(=O)c4ccc(Nc5cc(C(=O)N6CCC(N7CCCC7)CC6)ccc5C(=O)N5CCC(N6CCCC6)CC5)cc4)cc3)nc2n1C1CCCC1. The molecule has 4 saturated heterocycles. The minimum absolute atomic E-state index is 0.0245. The van der Waals surface area contributed by atoms with Crippen LogP contribution in [0.1, 0.15) is 135 Å². The highest BCUT2D eigenvalue weighted by Gasteiger charge is 2.32. The van der Waals surface area contributed by atoms with Crippen molar-refractivity contribution >= 4 is 63.6 Å². The Balaban J connectivity index is 0.732. The molecule has 5 aromatic rings. The van der Waals surface area contributed by atoms with Crippen molar-refractivity contribution < 1.29 is 24.0 Å². The van der Waals surface area contributed by atoms with Crippen LogP contribution < -0.4 is 21.3 Å². The van der Waals surface area contributed by atoms with Crippen molar-refractivity contribution in [1.29, 1.82) is 0 Å². The van der Waals surface area contributed by atoms with Gasteiger partial charge in [0.05, 0.1) is 11.3 Å². The Bertz CT molecular complexity index is 2780. The monoisotopic (exact) mass is 991 g/mol. The van der Waals surface area contributed by atoms with E-state index in [1.807, 2.05) is 21.9 Å². The van der Waals surface area contributed by atoms with Crippen LogP contribution in [0.3, 0.4) is 0 Å². The summed E-state index contributed by atoms with van der Waals surface area (Å²) in [5, 5.41) is 13.3. The summed E-state index contributed by atoms with van der Waals surface area (Å²) >= 11 is 0. The van der Waals surface area contributed by atoms with Gasteiger partial charge in [-0.15, -0.1) is 0 Å². The number of aromatic nitrogens is 3. The second-order valence-electron chi connectivity index (χ2n) is 20.7. The number of fused-ring (bicyclic) bond motifs is 1. The van der Waals surface area contributed by atoms with Gasteiger partial charge in [0.1, 0.15) is 11.3 Å². The predicted molar refractivity (Wildman–Crippen MR) is 283 cm³/mol. The van der Waals surface area contributed by atoms with E-state index in [1.165, 1.54) is 25.7 Å². The molecule has 73 heavy (non-hydrogen) atoms. The molecule has 2 aromatic heterocycles. The van der Waals surface area contributed by atoms with Crippen LogP contribution >= 0.6 is 0 Å². The maximum atomic E-state index is 14.2. The molecule has 0 spiro atoms. The molecule has 5 aliphatic rings. The van der Waals surface area contributed by atoms with Crippen LogP contribution in [0.15, 0.2) is 79.0 Å². The molecule has 5 fully saturated rings. The zero-order valence-corrected chi connectivity index (χ0v) is 42.4. The minimum Gasteiger partial charge on any atom is -0.355 e. The van der Waals surface area contributed by atoms with Crippen molar-refractivity contribution in [3.05, 3.63) is 107 Å². The molecular formula is C56H70N12O5. The van der Waals surface area contributed by atoms with Gasteiger partial charge in [-0.25, -0.2) is 4.98 Å². The number of hydrogen-bond acceptors (Lipinski definition) is 11. The Hall–Kier alpha value is -6.85. The van der Waals surface area contributed by atoms with Gasteiger partial charge in [0.25, 0.3) is 29.5 Å². The highest BCUT2D eigenvalue weighted by atomic mass is 16.2. The first-order valence-electron chi connectivity index (χ1n) is 26.7. The van der Waals surface area contributed by atoms with Crippen LogP contribution in [0.4, 0.5) is 23.0 Å². The normalized spacial score (nSPS) is 18.3. The summed E-state index contributed by atoms with van der Waals surface area (Å²) in [6, 6.07) is 22.6. The predicted octanol–water partition coefficient (Wildman–Crippen LogP) is 7.30. The fraction of sp³-hybridized carbons (Fsp3) is 0.482. The first kappa shape index (κ1) is 49.7. The zero-order chi connectivity index (χ0) is 50.4. The van der Waals surface area contributed by atoms with Crippen molar-refractivity contribution in [2.75, 3.05) is 90.2 Å². The lowest BCUT2D eigenvalue weighted by atomic mass is 10.00. The lowest BCUT2D eigenvalue weighted by molar-refractivity contribution is 0.0633. The first-order chi connectivity index (χ1) is 35.6. The van der Waals surface area contributed by atoms with Crippen molar-refractivity contribution in [2.45, 2.75) is 95.2 Å². The fourth-order valence-electron chi connectivity index (χ4n) is 11.6. The van der Waals surface area contributed by atoms with E-state index < -0.39 is 0 Å². The third-order valence-electron chi connectivity index (χ3n) is 15.7. The summed E-state index contributed by atoms with van der Waals surface area (Å²) in [6.45, 7) is 7.85. The number of piperidine rings is 2. The minimum atomic E-state index is -0.290. The number of amides is 5. The van der Waals surface area contributed by atoms with Crippen molar-refractivity contribution in [2.24, 2.45) is 0 Å². The van der Waals surface area contributed by atoms with E-state index in [4.69, 9.17) is 4.98 Å². The van der Waals surface area contributed by atoms with E-state index in [1.54, 1.807) is 85.9 Å². The van der Waals surface area contributed by atoms with Gasteiger partial charge in [0.2, 0.25) is 5.95 Å². The number of likely N-dealkylation sites (tertiary alicyclic amines) is 4. The lowest BCUT2D eigenvalue weighted by Crippen LogP contribution is -2.46. The molecule has 3 aromatic carbocycles. The van der Waals surface area contributed by atoms with Crippen molar-refractivity contribution in [3.63, 3.8) is 0 Å². The topological polar surface area (TPSA) is 180 Å². The van der Waals surface area contributed by atoms with Gasteiger partial charge in [-0.1, -0.05) is 12.8 Å². The number of anilines is 4. The molecule has 4 N–H and O–H groups in total. The van der Waals surface area contributed by atoms with Crippen LogP contribution in [0.25, 0.3) is 11.0 Å². The molecule has 4 aliphatic heterocycles. The van der Waals surface area contributed by atoms with E-state index in [-0.39, 0.29) is 48.7 Å². The quantitative estimate of drug-likeness (QED) is 0.0774. The molecule has 384 valence electrons. The number of carbonyl (C=O) groups excluding carboxylic acids is 5. The molecule has 6 heterocycles. The summed E-state index contributed by atoms with van der Waals surface area (Å²) in [7, 11) is 3.51. The summed E-state index contributed by atoms with van der Waals surface area (Å²) in [6.07, 6.45) is 14.8. The van der Waals surface area contributed by atoms with Crippen LogP contribution in [0, 0.1) is 0 Å². The van der Waals surface area contributed by atoms with Crippen molar-refractivity contribution in [1.82, 2.24) is 49.7 Å². The second-order valence-corrected chi connectivity index (χ2v) is 20.7. The van der Waals surface area contributed by atoms with Gasteiger partial charge in [0.15, 0.2) is 0 Å². The van der Waals surface area contributed by atoms with E-state index >= 15 is 0 Å². The number of nitrogens with zero attached hydrogens (tertiary/aromatic N) is 8. The van der Waals surface area contributed by atoms with Gasteiger partial charge < -0.3 is 50.3 Å². The molecule has 10 rings (SSSR count). The lowest BCUT2D eigenvalue weighted by Gasteiger charge is -2.37. The highest BCUT2D eigenvalue weighted by molar-refractivity contribution is 6.04. The molecule has 17 heteroatoms. The van der Waals surface area contributed by atoms with E-state index in [2.05, 4.69) is 40.6 Å². The second kappa shape index (κ2) is 22.5. The van der Waals surface area contributed by atoms with E-state index in [9.17, 15) is 24.0 Å². The van der Waals surface area contributed by atoms with Crippen LogP contribution in [0.5, 0.6) is 0 Å². The number of hydrogen-bond donors (Lipinski definition) is 4. The van der Waals surface area contributed by atoms with Crippen molar-refractivity contribution in [3.8, 4) is 0 Å². The molecule has 0 radical (unpaired) electrons. The number of carbonyl (C=O) groups is 5. The van der Waals surface area contributed by atoms with Gasteiger partial charge in [-0.05, 0) is 163 Å². The van der Waals surface area contributed by atoms with Gasteiger partial charge in [-0.2, -0.15) is 4.98 Å². The average Bonchev–Trinajstić information content (AvgIpc) is 4.29. The van der Waals surface area contributed by atoms with Crippen LogP contribution in [0.2, 0.25) is 0 Å². The summed E-state index contributed by atoms with van der Waals surface area (Å²) < 4.78 is 2.08. The smallest absolute Gasteiger partial charge is 0.270 e. The van der Waals surface area contributed by atoms with Crippen LogP contribution in [-0.4, -0.2) is 160 Å². The molecule has 1 aliphatic carbocycles. The molecule has 0 bridgehead atoms. The Morgan fingerprint density at radius 2 is 1.07 bits per heavy atom. The molecule has 5 amide bonds. The zero-order valence-electron chi connectivity index (χ0n) is 42.4. The van der Waals surface area contributed by atoms with E-state index in [0.29, 0.717) is 89.2 Å². The highest BCUT2D eigenvalue weighted by Crippen LogP contribution is 2.35. The molecular weight excluding hydrogens is 921 g/mol. The number of rotatable bonds is 15. The summed E-state index contributed by atoms with van der Waals surface area (Å²) in [5.41, 5.74) is 5.24. The average molecular weight is 991 g/mol. The standard InChI is InChI=1S/C56H70N12O5/c1-63(2)55(73)49-36-41-37-59-56(62-50(41)68(49)46-9-3-4-10-46)61-43-18-13-39(14-19-43)52(70)58-26-25-57-51(69)38-11-16-42(17-12-38)60-48-35-40(53(71)66-31-21-44(22-32-66)64-27-5-6-28-64)15-20-47(48)54(72)67-33-23-45(24-34-67)65-29-7-8-30-65/h11-20,35-37,44-46,60H,3-10,21-34H2,1-2H3,(H,57,69)(H,58,70)(H,59,61,62). The molecule has 0 atom stereocenters. The Kier molecular flexibility index (Phi) is 15.3. The fourth-order valence-corrected chi connectivity index (χ4v) is 11.6. The summed E-state index contributed by atoms with van der Waals surface area (Å²) in [5.74, 6) is -0.317. The van der Waals surface area contributed by atoms with Crippen LogP contribution in [-0.2, 0) is 0 Å². The molecule has 0 unspecified atom stereocenters.